The van der Waals surface area contributed by atoms with Gasteiger partial charge in [0.2, 0.25) is 0 Å². The summed E-state index contributed by atoms with van der Waals surface area (Å²) in [7, 11) is 0. The number of anilines is 2. The zero-order chi connectivity index (χ0) is 14.5. The van der Waals surface area contributed by atoms with E-state index in [0.717, 1.165) is 35.0 Å². The Morgan fingerprint density at radius 2 is 2.00 bits per heavy atom. The zero-order valence-corrected chi connectivity index (χ0v) is 14.2. The number of hydrogen-bond acceptors (Lipinski definition) is 4. The van der Waals surface area contributed by atoms with Crippen LogP contribution >= 0.6 is 15.9 Å². The summed E-state index contributed by atoms with van der Waals surface area (Å²) in [6.45, 7) is 7.76. The van der Waals surface area contributed by atoms with Crippen LogP contribution < -0.4 is 10.6 Å². The molecule has 1 fully saturated rings. The van der Waals surface area contributed by atoms with Crippen molar-refractivity contribution >= 4 is 27.6 Å². The predicted octanol–water partition coefficient (Wildman–Crippen LogP) is 4.30. The van der Waals surface area contributed by atoms with Crippen molar-refractivity contribution in [1.82, 2.24) is 9.97 Å². The normalized spacial score (nSPS) is 26.3. The Morgan fingerprint density at radius 1 is 1.25 bits per heavy atom. The maximum atomic E-state index is 4.39. The number of nitrogens with one attached hydrogen (secondary N) is 2. The molecule has 1 aromatic rings. The summed E-state index contributed by atoms with van der Waals surface area (Å²) in [5.41, 5.74) is 0. The third kappa shape index (κ3) is 3.62. The van der Waals surface area contributed by atoms with Gasteiger partial charge in [0, 0.05) is 12.6 Å². The van der Waals surface area contributed by atoms with Crippen LogP contribution in [0.4, 0.5) is 11.6 Å². The lowest BCUT2D eigenvalue weighted by molar-refractivity contribution is 0.253. The van der Waals surface area contributed by atoms with Crippen LogP contribution in [0.15, 0.2) is 10.8 Å². The molecule has 1 heterocycles. The molecule has 0 aromatic carbocycles. The summed E-state index contributed by atoms with van der Waals surface area (Å²) in [4.78, 5) is 8.69. The van der Waals surface area contributed by atoms with Gasteiger partial charge in [0.15, 0.2) is 0 Å². The maximum absolute atomic E-state index is 4.39. The van der Waals surface area contributed by atoms with Crippen molar-refractivity contribution in [2.45, 2.75) is 52.5 Å². The van der Waals surface area contributed by atoms with E-state index in [4.69, 9.17) is 0 Å². The zero-order valence-electron chi connectivity index (χ0n) is 12.6. The van der Waals surface area contributed by atoms with Crippen LogP contribution in [0.2, 0.25) is 0 Å². The number of hydrogen-bond donors (Lipinski definition) is 2. The Bertz CT molecular complexity index is 438. The predicted molar refractivity (Wildman–Crippen MR) is 88.1 cm³/mol. The molecule has 1 aliphatic rings. The molecule has 112 valence electrons. The standard InChI is InChI=1S/C15H25BrN4/c1-4-8-17-14-13(16)15(19-9-18-14)20-12-7-5-6-10(2)11(12)3/h9-12H,4-8H2,1-3H3,(H2,17,18,19,20). The molecule has 1 aromatic heterocycles. The number of rotatable bonds is 5. The second-order valence-corrected chi connectivity index (χ2v) is 6.62. The fraction of sp³-hybridized carbons (Fsp3) is 0.733. The highest BCUT2D eigenvalue weighted by atomic mass is 79.9. The van der Waals surface area contributed by atoms with E-state index in [1.807, 2.05) is 0 Å². The SMILES string of the molecule is CCCNc1ncnc(NC2CCCC(C)C2C)c1Br. The maximum Gasteiger partial charge on any atom is 0.146 e. The Kier molecular flexibility index (Phi) is 5.64. The quantitative estimate of drug-likeness (QED) is 0.838. The molecule has 0 radical (unpaired) electrons. The first-order valence-electron chi connectivity index (χ1n) is 7.64. The van der Waals surface area contributed by atoms with Crippen LogP contribution in [-0.2, 0) is 0 Å². The summed E-state index contributed by atoms with van der Waals surface area (Å²) in [6.07, 6.45) is 6.57. The van der Waals surface area contributed by atoms with Crippen LogP contribution in [0.5, 0.6) is 0 Å². The van der Waals surface area contributed by atoms with Crippen LogP contribution in [-0.4, -0.2) is 22.6 Å². The van der Waals surface area contributed by atoms with Gasteiger partial charge in [-0.15, -0.1) is 0 Å². The molecule has 0 bridgehead atoms. The van der Waals surface area contributed by atoms with Crippen molar-refractivity contribution in [3.05, 3.63) is 10.8 Å². The highest BCUT2D eigenvalue weighted by molar-refractivity contribution is 9.10. The van der Waals surface area contributed by atoms with Crippen LogP contribution in [0.25, 0.3) is 0 Å². The lowest BCUT2D eigenvalue weighted by atomic mass is 9.78. The lowest BCUT2D eigenvalue weighted by Gasteiger charge is -2.35. The van der Waals surface area contributed by atoms with Crippen molar-refractivity contribution in [1.29, 1.82) is 0 Å². The molecular formula is C15H25BrN4. The van der Waals surface area contributed by atoms with E-state index in [2.05, 4.69) is 57.3 Å². The minimum Gasteiger partial charge on any atom is -0.369 e. The second kappa shape index (κ2) is 7.25. The van der Waals surface area contributed by atoms with Crippen LogP contribution in [0.1, 0.15) is 46.5 Å². The van der Waals surface area contributed by atoms with Gasteiger partial charge in [0.1, 0.15) is 22.4 Å². The molecule has 0 aliphatic heterocycles. The average molecular weight is 341 g/mol. The molecule has 2 N–H and O–H groups in total. The van der Waals surface area contributed by atoms with E-state index in [0.29, 0.717) is 12.0 Å². The first kappa shape index (κ1) is 15.5. The average Bonchev–Trinajstić information content (AvgIpc) is 2.44. The highest BCUT2D eigenvalue weighted by Gasteiger charge is 2.27. The van der Waals surface area contributed by atoms with E-state index in [1.54, 1.807) is 6.33 Å². The summed E-state index contributed by atoms with van der Waals surface area (Å²) >= 11 is 3.62. The number of aromatic nitrogens is 2. The van der Waals surface area contributed by atoms with Gasteiger partial charge in [-0.2, -0.15) is 0 Å². The summed E-state index contributed by atoms with van der Waals surface area (Å²) in [5, 5.41) is 6.93. The van der Waals surface area contributed by atoms with E-state index in [-0.39, 0.29) is 0 Å². The minimum atomic E-state index is 0.504. The largest absolute Gasteiger partial charge is 0.369 e. The second-order valence-electron chi connectivity index (χ2n) is 5.83. The van der Waals surface area contributed by atoms with Gasteiger partial charge in [0.05, 0.1) is 0 Å². The fourth-order valence-corrected chi connectivity index (χ4v) is 3.26. The van der Waals surface area contributed by atoms with E-state index in [1.165, 1.54) is 19.3 Å². The molecule has 5 heteroatoms. The Labute approximate surface area is 130 Å². The molecule has 0 saturated heterocycles. The van der Waals surface area contributed by atoms with Gasteiger partial charge in [-0.05, 0) is 40.6 Å². The molecule has 0 spiro atoms. The van der Waals surface area contributed by atoms with Crippen molar-refractivity contribution < 1.29 is 0 Å². The van der Waals surface area contributed by atoms with E-state index < -0.39 is 0 Å². The molecule has 3 unspecified atom stereocenters. The van der Waals surface area contributed by atoms with Gasteiger partial charge in [0.25, 0.3) is 0 Å². The van der Waals surface area contributed by atoms with E-state index in [9.17, 15) is 0 Å². The van der Waals surface area contributed by atoms with Crippen molar-refractivity contribution in [3.8, 4) is 0 Å². The van der Waals surface area contributed by atoms with E-state index >= 15 is 0 Å². The number of nitrogens with zero attached hydrogens (tertiary/aromatic N) is 2. The molecular weight excluding hydrogens is 316 g/mol. The molecule has 0 amide bonds. The smallest absolute Gasteiger partial charge is 0.146 e. The van der Waals surface area contributed by atoms with Crippen LogP contribution in [0.3, 0.4) is 0 Å². The Hall–Kier alpha value is -0.840. The fourth-order valence-electron chi connectivity index (χ4n) is 2.80. The highest BCUT2D eigenvalue weighted by Crippen LogP contribution is 2.34. The van der Waals surface area contributed by atoms with Crippen molar-refractivity contribution in [2.24, 2.45) is 11.8 Å². The minimum absolute atomic E-state index is 0.504. The monoisotopic (exact) mass is 340 g/mol. The molecule has 2 rings (SSSR count). The van der Waals surface area contributed by atoms with Gasteiger partial charge in [-0.25, -0.2) is 9.97 Å². The Morgan fingerprint density at radius 3 is 2.75 bits per heavy atom. The number of halogens is 1. The van der Waals surface area contributed by atoms with Crippen molar-refractivity contribution in [2.75, 3.05) is 17.2 Å². The van der Waals surface area contributed by atoms with Gasteiger partial charge >= 0.3 is 0 Å². The first-order valence-corrected chi connectivity index (χ1v) is 8.43. The molecule has 3 atom stereocenters. The molecule has 1 saturated carbocycles. The summed E-state index contributed by atoms with van der Waals surface area (Å²) < 4.78 is 0.943. The van der Waals surface area contributed by atoms with Gasteiger partial charge in [-0.3, -0.25) is 0 Å². The van der Waals surface area contributed by atoms with Crippen LogP contribution in [0, 0.1) is 11.8 Å². The lowest BCUT2D eigenvalue weighted by Crippen LogP contribution is -2.35. The molecule has 20 heavy (non-hydrogen) atoms. The topological polar surface area (TPSA) is 49.8 Å². The molecule has 4 nitrogen and oxygen atoms in total. The first-order chi connectivity index (χ1) is 9.63. The third-order valence-corrected chi connectivity index (χ3v) is 5.11. The van der Waals surface area contributed by atoms with Gasteiger partial charge in [-0.1, -0.05) is 33.6 Å². The van der Waals surface area contributed by atoms with Crippen molar-refractivity contribution in [3.63, 3.8) is 0 Å². The third-order valence-electron chi connectivity index (χ3n) is 4.36. The molecule has 1 aliphatic carbocycles. The summed E-state index contributed by atoms with van der Waals surface area (Å²) in [6, 6.07) is 0.504. The van der Waals surface area contributed by atoms with Gasteiger partial charge < -0.3 is 10.6 Å². The summed E-state index contributed by atoms with van der Waals surface area (Å²) in [5.74, 6) is 3.24. The Balaban J connectivity index is 2.08.